The number of rotatable bonds is 4. The molecule has 2 amide bonds. The van der Waals surface area contributed by atoms with Crippen LogP contribution in [0.2, 0.25) is 0 Å². The molecule has 0 atom stereocenters. The Kier molecular flexibility index (Phi) is 5.55. The average Bonchev–Trinajstić information content (AvgIpc) is 2.65. The summed E-state index contributed by atoms with van der Waals surface area (Å²) in [4.78, 5) is 28.5. The zero-order valence-corrected chi connectivity index (χ0v) is 14.1. The third-order valence-electron chi connectivity index (χ3n) is 4.40. The highest BCUT2D eigenvalue weighted by Gasteiger charge is 2.19. The van der Waals surface area contributed by atoms with Crippen molar-refractivity contribution < 1.29 is 18.4 Å². The Morgan fingerprint density at radius 1 is 1.00 bits per heavy atom. The van der Waals surface area contributed by atoms with Crippen LogP contribution in [0.5, 0.6) is 0 Å². The summed E-state index contributed by atoms with van der Waals surface area (Å²) in [6.45, 7) is 0. The lowest BCUT2D eigenvalue weighted by Gasteiger charge is -2.22. The fraction of sp³-hybridized carbons (Fsp3) is 0.316. The van der Waals surface area contributed by atoms with Gasteiger partial charge in [-0.05, 0) is 37.1 Å². The Morgan fingerprint density at radius 3 is 2.38 bits per heavy atom. The van der Waals surface area contributed by atoms with Crippen LogP contribution in [0.4, 0.5) is 14.5 Å². The molecule has 1 aliphatic rings. The highest BCUT2D eigenvalue weighted by Crippen LogP contribution is 2.20. The predicted molar refractivity (Wildman–Crippen MR) is 92.9 cm³/mol. The van der Waals surface area contributed by atoms with Crippen LogP contribution in [0.1, 0.15) is 53.0 Å². The van der Waals surface area contributed by atoms with Gasteiger partial charge in [0.05, 0.1) is 0 Å². The molecule has 1 aromatic carbocycles. The first-order valence-electron chi connectivity index (χ1n) is 8.57. The maximum atomic E-state index is 13.7. The number of hydrogen-bond donors (Lipinski definition) is 2. The number of carbonyl (C=O) groups is 2. The summed E-state index contributed by atoms with van der Waals surface area (Å²) in [5.74, 6) is -2.85. The molecule has 1 aliphatic carbocycles. The summed E-state index contributed by atoms with van der Waals surface area (Å²) in [7, 11) is 0. The molecule has 2 N–H and O–H groups in total. The molecule has 3 rings (SSSR count). The quantitative estimate of drug-likeness (QED) is 0.875. The fourth-order valence-electron chi connectivity index (χ4n) is 3.01. The maximum absolute atomic E-state index is 13.7. The van der Waals surface area contributed by atoms with Crippen molar-refractivity contribution in [3.63, 3.8) is 0 Å². The summed E-state index contributed by atoms with van der Waals surface area (Å²) in [6, 6.07) is 6.23. The van der Waals surface area contributed by atoms with Crippen LogP contribution >= 0.6 is 0 Å². The summed E-state index contributed by atoms with van der Waals surface area (Å²) >= 11 is 0. The minimum absolute atomic E-state index is 0.0936. The fourth-order valence-corrected chi connectivity index (χ4v) is 3.01. The number of halogens is 2. The largest absolute Gasteiger partial charge is 0.349 e. The van der Waals surface area contributed by atoms with E-state index in [1.807, 2.05) is 0 Å². The van der Waals surface area contributed by atoms with E-state index in [0.717, 1.165) is 37.8 Å². The minimum Gasteiger partial charge on any atom is -0.349 e. The number of benzene rings is 1. The van der Waals surface area contributed by atoms with Gasteiger partial charge >= 0.3 is 0 Å². The molecule has 1 heterocycles. The van der Waals surface area contributed by atoms with E-state index in [0.29, 0.717) is 0 Å². The van der Waals surface area contributed by atoms with Crippen LogP contribution in [0.25, 0.3) is 0 Å². The first-order valence-corrected chi connectivity index (χ1v) is 8.57. The molecule has 0 saturated heterocycles. The standard InChI is InChI=1S/C19H19F2N3O2/c20-14-7-4-8-15(21)17(14)24-19(26)16-11-12(9-10-22-16)18(25)23-13-5-2-1-3-6-13/h4,7-11,13H,1-3,5-6H2,(H,23,25)(H,24,26). The molecule has 136 valence electrons. The van der Waals surface area contributed by atoms with E-state index >= 15 is 0 Å². The Balaban J connectivity index is 1.72. The van der Waals surface area contributed by atoms with Gasteiger partial charge in [-0.15, -0.1) is 0 Å². The molecule has 7 heteroatoms. The monoisotopic (exact) mass is 359 g/mol. The number of hydrogen-bond acceptors (Lipinski definition) is 3. The predicted octanol–water partition coefficient (Wildman–Crippen LogP) is 3.67. The van der Waals surface area contributed by atoms with Crippen molar-refractivity contribution >= 4 is 17.5 Å². The van der Waals surface area contributed by atoms with E-state index in [1.165, 1.54) is 30.8 Å². The number of nitrogens with zero attached hydrogens (tertiary/aromatic N) is 1. The second-order valence-electron chi connectivity index (χ2n) is 6.29. The lowest BCUT2D eigenvalue weighted by Crippen LogP contribution is -2.36. The van der Waals surface area contributed by atoms with Gasteiger partial charge in [-0.1, -0.05) is 25.3 Å². The first-order chi connectivity index (χ1) is 12.5. The topological polar surface area (TPSA) is 71.1 Å². The Labute approximate surface area is 149 Å². The molecule has 0 unspecified atom stereocenters. The summed E-state index contributed by atoms with van der Waals surface area (Å²) in [5.41, 5.74) is -0.356. The first kappa shape index (κ1) is 18.0. The summed E-state index contributed by atoms with van der Waals surface area (Å²) in [5, 5.41) is 5.11. The lowest BCUT2D eigenvalue weighted by atomic mass is 9.95. The molecule has 0 aliphatic heterocycles. The molecule has 0 spiro atoms. The van der Waals surface area contributed by atoms with Crippen LogP contribution in [0.3, 0.4) is 0 Å². The van der Waals surface area contributed by atoms with Crippen LogP contribution in [-0.4, -0.2) is 22.8 Å². The van der Waals surface area contributed by atoms with Gasteiger partial charge in [0, 0.05) is 17.8 Å². The zero-order valence-electron chi connectivity index (χ0n) is 14.1. The zero-order chi connectivity index (χ0) is 18.5. The molecule has 0 radical (unpaired) electrons. The van der Waals surface area contributed by atoms with Gasteiger partial charge in [-0.25, -0.2) is 8.78 Å². The van der Waals surface area contributed by atoms with E-state index in [4.69, 9.17) is 0 Å². The van der Waals surface area contributed by atoms with Crippen molar-refractivity contribution in [2.45, 2.75) is 38.1 Å². The van der Waals surface area contributed by atoms with Gasteiger partial charge in [-0.2, -0.15) is 0 Å². The van der Waals surface area contributed by atoms with Crippen molar-refractivity contribution in [1.82, 2.24) is 10.3 Å². The van der Waals surface area contributed by atoms with Crippen molar-refractivity contribution in [3.05, 3.63) is 59.4 Å². The molecule has 1 aromatic heterocycles. The van der Waals surface area contributed by atoms with E-state index in [2.05, 4.69) is 15.6 Å². The van der Waals surface area contributed by atoms with Crippen molar-refractivity contribution in [2.75, 3.05) is 5.32 Å². The third-order valence-corrected chi connectivity index (χ3v) is 4.40. The molecule has 1 fully saturated rings. The number of para-hydroxylation sites is 1. The molecule has 26 heavy (non-hydrogen) atoms. The molecule has 0 bridgehead atoms. The van der Waals surface area contributed by atoms with Gasteiger partial charge in [0.25, 0.3) is 11.8 Å². The van der Waals surface area contributed by atoms with Gasteiger partial charge in [-0.3, -0.25) is 14.6 Å². The van der Waals surface area contributed by atoms with Crippen molar-refractivity contribution in [3.8, 4) is 0 Å². The SMILES string of the molecule is O=C(NC1CCCCC1)c1ccnc(C(=O)Nc2c(F)cccc2F)c1. The Hall–Kier alpha value is -2.83. The number of amides is 2. The third kappa shape index (κ3) is 4.22. The molecular formula is C19H19F2N3O2. The average molecular weight is 359 g/mol. The number of nitrogens with one attached hydrogen (secondary N) is 2. The molecule has 2 aromatic rings. The normalized spacial score (nSPS) is 14.7. The van der Waals surface area contributed by atoms with E-state index in [-0.39, 0.29) is 23.2 Å². The molecule has 5 nitrogen and oxygen atoms in total. The number of carbonyl (C=O) groups excluding carboxylic acids is 2. The highest BCUT2D eigenvalue weighted by atomic mass is 19.1. The van der Waals surface area contributed by atoms with Crippen LogP contribution < -0.4 is 10.6 Å². The number of aromatic nitrogens is 1. The van der Waals surface area contributed by atoms with Gasteiger partial charge < -0.3 is 10.6 Å². The Morgan fingerprint density at radius 2 is 1.69 bits per heavy atom. The second kappa shape index (κ2) is 8.03. The van der Waals surface area contributed by atoms with E-state index in [9.17, 15) is 18.4 Å². The van der Waals surface area contributed by atoms with Gasteiger partial charge in [0.15, 0.2) is 0 Å². The maximum Gasteiger partial charge on any atom is 0.274 e. The Bertz CT molecular complexity index is 800. The van der Waals surface area contributed by atoms with E-state index < -0.39 is 23.2 Å². The van der Waals surface area contributed by atoms with Gasteiger partial charge in [0.2, 0.25) is 0 Å². The van der Waals surface area contributed by atoms with Crippen LogP contribution in [0, 0.1) is 11.6 Å². The van der Waals surface area contributed by atoms with E-state index in [1.54, 1.807) is 0 Å². The van der Waals surface area contributed by atoms with Crippen LogP contribution in [-0.2, 0) is 0 Å². The number of anilines is 1. The lowest BCUT2D eigenvalue weighted by molar-refractivity contribution is 0.0927. The van der Waals surface area contributed by atoms with Gasteiger partial charge in [0.1, 0.15) is 23.0 Å². The highest BCUT2D eigenvalue weighted by molar-refractivity contribution is 6.04. The molecule has 1 saturated carbocycles. The second-order valence-corrected chi connectivity index (χ2v) is 6.29. The molecular weight excluding hydrogens is 340 g/mol. The van der Waals surface area contributed by atoms with Crippen molar-refractivity contribution in [1.29, 1.82) is 0 Å². The summed E-state index contributed by atoms with van der Waals surface area (Å²) in [6.07, 6.45) is 6.56. The smallest absolute Gasteiger partial charge is 0.274 e. The number of pyridine rings is 1. The van der Waals surface area contributed by atoms with Crippen LogP contribution in [0.15, 0.2) is 36.5 Å². The summed E-state index contributed by atoms with van der Waals surface area (Å²) < 4.78 is 27.3. The minimum atomic E-state index is -0.885. The van der Waals surface area contributed by atoms with Crippen molar-refractivity contribution in [2.24, 2.45) is 0 Å².